The van der Waals surface area contributed by atoms with Gasteiger partial charge in [0.05, 0.1) is 11.1 Å². The Labute approximate surface area is 145 Å². The summed E-state index contributed by atoms with van der Waals surface area (Å²) >= 11 is 5.68. The molecule has 0 aliphatic carbocycles. The van der Waals surface area contributed by atoms with Crippen LogP contribution >= 0.6 is 24.0 Å². The number of halogens is 3. The molecule has 0 spiro atoms. The molecule has 2 rings (SSSR count). The lowest BCUT2D eigenvalue weighted by Crippen LogP contribution is -2.47. The van der Waals surface area contributed by atoms with E-state index in [-0.39, 0.29) is 35.2 Å². The van der Waals surface area contributed by atoms with Crippen molar-refractivity contribution >= 4 is 41.5 Å². The van der Waals surface area contributed by atoms with Crippen molar-refractivity contribution in [3.05, 3.63) is 29.0 Å². The fourth-order valence-corrected chi connectivity index (χ4v) is 2.65. The second-order valence-electron chi connectivity index (χ2n) is 5.51. The van der Waals surface area contributed by atoms with Crippen LogP contribution in [0.5, 0.6) is 0 Å². The van der Waals surface area contributed by atoms with E-state index in [1.807, 2.05) is 0 Å². The highest BCUT2D eigenvalue weighted by molar-refractivity contribution is 6.31. The third-order valence-electron chi connectivity index (χ3n) is 3.75. The van der Waals surface area contributed by atoms with Gasteiger partial charge in [-0.3, -0.25) is 9.59 Å². The molecule has 1 aliphatic heterocycles. The summed E-state index contributed by atoms with van der Waals surface area (Å²) in [4.78, 5) is 25.7. The Hall–Kier alpha value is -1.37. The number of rotatable bonds is 3. The van der Waals surface area contributed by atoms with Crippen LogP contribution in [0.3, 0.4) is 0 Å². The van der Waals surface area contributed by atoms with E-state index < -0.39 is 11.9 Å². The highest BCUT2D eigenvalue weighted by Crippen LogP contribution is 2.22. The summed E-state index contributed by atoms with van der Waals surface area (Å²) in [5.74, 6) is -0.942. The highest BCUT2D eigenvalue weighted by atomic mass is 35.5. The predicted octanol–water partition coefficient (Wildman–Crippen LogP) is 2.43. The van der Waals surface area contributed by atoms with Crippen LogP contribution in [0.1, 0.15) is 19.8 Å². The monoisotopic (exact) mass is 363 g/mol. The van der Waals surface area contributed by atoms with Gasteiger partial charge in [-0.15, -0.1) is 12.4 Å². The predicted molar refractivity (Wildman–Crippen MR) is 90.2 cm³/mol. The van der Waals surface area contributed by atoms with Gasteiger partial charge in [-0.2, -0.15) is 0 Å². The third kappa shape index (κ3) is 5.06. The highest BCUT2D eigenvalue weighted by Gasteiger charge is 2.28. The zero-order valence-corrected chi connectivity index (χ0v) is 14.3. The lowest BCUT2D eigenvalue weighted by atomic mass is 9.95. The number of hydrogen-bond acceptors (Lipinski definition) is 3. The van der Waals surface area contributed by atoms with Gasteiger partial charge < -0.3 is 16.0 Å². The summed E-state index contributed by atoms with van der Waals surface area (Å²) < 4.78 is 13.1. The van der Waals surface area contributed by atoms with Crippen LogP contribution in [0.15, 0.2) is 18.2 Å². The summed E-state index contributed by atoms with van der Waals surface area (Å²) in [5, 5.41) is 2.70. The number of anilines is 1. The topological polar surface area (TPSA) is 75.4 Å². The maximum Gasteiger partial charge on any atom is 0.239 e. The summed E-state index contributed by atoms with van der Waals surface area (Å²) in [6.45, 7) is 2.69. The number of amides is 2. The molecule has 0 unspecified atom stereocenters. The zero-order chi connectivity index (χ0) is 16.3. The minimum absolute atomic E-state index is 0. The molecule has 5 nitrogen and oxygen atoms in total. The van der Waals surface area contributed by atoms with Crippen molar-refractivity contribution < 1.29 is 14.0 Å². The van der Waals surface area contributed by atoms with Gasteiger partial charge >= 0.3 is 0 Å². The molecule has 128 valence electrons. The van der Waals surface area contributed by atoms with Crippen LogP contribution in [-0.4, -0.2) is 35.8 Å². The first kappa shape index (κ1) is 19.7. The van der Waals surface area contributed by atoms with Gasteiger partial charge in [0.15, 0.2) is 0 Å². The second kappa shape index (κ2) is 8.47. The first-order valence-corrected chi connectivity index (χ1v) is 7.56. The van der Waals surface area contributed by atoms with Crippen molar-refractivity contribution in [3.8, 4) is 0 Å². The van der Waals surface area contributed by atoms with E-state index in [0.717, 1.165) is 0 Å². The first-order valence-electron chi connectivity index (χ1n) is 7.18. The molecule has 1 heterocycles. The quantitative estimate of drug-likeness (QED) is 0.865. The van der Waals surface area contributed by atoms with E-state index in [1.54, 1.807) is 11.8 Å². The normalized spacial score (nSPS) is 16.4. The summed E-state index contributed by atoms with van der Waals surface area (Å²) in [5.41, 5.74) is 6.04. The number of carbonyl (C=O) groups is 2. The molecule has 8 heteroatoms. The van der Waals surface area contributed by atoms with Crippen LogP contribution in [0.4, 0.5) is 10.1 Å². The van der Waals surface area contributed by atoms with Gasteiger partial charge in [-0.05, 0) is 38.0 Å². The maximum atomic E-state index is 13.1. The Kier molecular flexibility index (Phi) is 7.25. The molecule has 3 N–H and O–H groups in total. The van der Waals surface area contributed by atoms with Gasteiger partial charge in [-0.25, -0.2) is 4.39 Å². The number of hydrogen-bond donors (Lipinski definition) is 2. The lowest BCUT2D eigenvalue weighted by Gasteiger charge is -2.32. The van der Waals surface area contributed by atoms with Crippen LogP contribution < -0.4 is 11.1 Å². The van der Waals surface area contributed by atoms with Crippen molar-refractivity contribution in [1.82, 2.24) is 4.90 Å². The Morgan fingerprint density at radius 2 is 2.00 bits per heavy atom. The molecule has 0 aromatic heterocycles. The number of benzene rings is 1. The molecule has 1 saturated heterocycles. The van der Waals surface area contributed by atoms with Crippen LogP contribution in [-0.2, 0) is 9.59 Å². The SMILES string of the molecule is C[C@@H](N)C(=O)N1CCC(C(=O)Nc2ccc(F)c(Cl)c2)CC1.Cl. The van der Waals surface area contributed by atoms with Crippen LogP contribution in [0.25, 0.3) is 0 Å². The molecule has 1 aliphatic rings. The fourth-order valence-electron chi connectivity index (χ4n) is 2.47. The number of piperidine rings is 1. The Balaban J connectivity index is 0.00000264. The van der Waals surface area contributed by atoms with Crippen LogP contribution in [0.2, 0.25) is 5.02 Å². The Morgan fingerprint density at radius 1 is 1.39 bits per heavy atom. The van der Waals surface area contributed by atoms with E-state index in [0.29, 0.717) is 31.6 Å². The molecule has 1 aromatic rings. The minimum Gasteiger partial charge on any atom is -0.341 e. The molecule has 0 saturated carbocycles. The zero-order valence-electron chi connectivity index (χ0n) is 12.7. The van der Waals surface area contributed by atoms with E-state index in [1.165, 1.54) is 18.2 Å². The summed E-state index contributed by atoms with van der Waals surface area (Å²) in [6.07, 6.45) is 1.17. The van der Waals surface area contributed by atoms with Crippen LogP contribution in [0, 0.1) is 11.7 Å². The standard InChI is InChI=1S/C15H19ClFN3O2.ClH/c1-9(18)15(22)20-6-4-10(5-7-20)14(21)19-11-2-3-13(17)12(16)8-11;/h2-3,8-10H,4-7,18H2,1H3,(H,19,21);1H/t9-;/m1./s1. The number of nitrogens with two attached hydrogens (primary N) is 1. The van der Waals surface area contributed by atoms with Gasteiger partial charge in [0.2, 0.25) is 11.8 Å². The van der Waals surface area contributed by atoms with E-state index in [2.05, 4.69) is 5.32 Å². The third-order valence-corrected chi connectivity index (χ3v) is 4.04. The van der Waals surface area contributed by atoms with Crippen molar-refractivity contribution in [2.45, 2.75) is 25.8 Å². The van der Waals surface area contributed by atoms with Gasteiger partial charge in [0, 0.05) is 24.7 Å². The molecule has 23 heavy (non-hydrogen) atoms. The molecule has 1 fully saturated rings. The summed E-state index contributed by atoms with van der Waals surface area (Å²) in [6, 6.07) is 3.53. The molecule has 2 amide bonds. The molecule has 0 radical (unpaired) electrons. The van der Waals surface area contributed by atoms with Crippen molar-refractivity contribution in [3.63, 3.8) is 0 Å². The van der Waals surface area contributed by atoms with Gasteiger partial charge in [0.25, 0.3) is 0 Å². The Bertz CT molecular complexity index is 576. The Morgan fingerprint density at radius 3 is 2.52 bits per heavy atom. The first-order chi connectivity index (χ1) is 10.4. The fraction of sp³-hybridized carbons (Fsp3) is 0.467. The molecule has 0 bridgehead atoms. The maximum absolute atomic E-state index is 13.1. The minimum atomic E-state index is -0.526. The molecule has 1 aromatic carbocycles. The summed E-state index contributed by atoms with van der Waals surface area (Å²) in [7, 11) is 0. The molecular formula is C15H20Cl2FN3O2. The molecule has 1 atom stereocenters. The smallest absolute Gasteiger partial charge is 0.239 e. The van der Waals surface area contributed by atoms with Crippen molar-refractivity contribution in [1.29, 1.82) is 0 Å². The molecular weight excluding hydrogens is 344 g/mol. The van der Waals surface area contributed by atoms with Crippen molar-refractivity contribution in [2.75, 3.05) is 18.4 Å². The average Bonchev–Trinajstić information content (AvgIpc) is 2.50. The average molecular weight is 364 g/mol. The van der Waals surface area contributed by atoms with E-state index in [9.17, 15) is 14.0 Å². The van der Waals surface area contributed by atoms with Gasteiger partial charge in [0.1, 0.15) is 5.82 Å². The van der Waals surface area contributed by atoms with Crippen molar-refractivity contribution in [2.24, 2.45) is 11.7 Å². The lowest BCUT2D eigenvalue weighted by molar-refractivity contribution is -0.135. The number of carbonyl (C=O) groups excluding carboxylic acids is 2. The second-order valence-corrected chi connectivity index (χ2v) is 5.91. The number of nitrogens with one attached hydrogen (secondary N) is 1. The number of likely N-dealkylation sites (tertiary alicyclic amines) is 1. The van der Waals surface area contributed by atoms with E-state index >= 15 is 0 Å². The van der Waals surface area contributed by atoms with E-state index in [4.69, 9.17) is 17.3 Å². The largest absolute Gasteiger partial charge is 0.341 e. The number of nitrogens with zero attached hydrogens (tertiary/aromatic N) is 1. The van der Waals surface area contributed by atoms with Gasteiger partial charge in [-0.1, -0.05) is 11.6 Å².